The van der Waals surface area contributed by atoms with E-state index in [1.807, 2.05) is 47.9 Å². The minimum Gasteiger partial charge on any atom is -0.351 e. The van der Waals surface area contributed by atoms with E-state index >= 15 is 0 Å². The van der Waals surface area contributed by atoms with Crippen molar-refractivity contribution in [2.75, 3.05) is 10.2 Å². The van der Waals surface area contributed by atoms with E-state index in [9.17, 15) is 4.79 Å². The first-order chi connectivity index (χ1) is 12.6. The van der Waals surface area contributed by atoms with Gasteiger partial charge in [0.1, 0.15) is 5.70 Å². The molecule has 1 N–H and O–H groups in total. The summed E-state index contributed by atoms with van der Waals surface area (Å²) >= 11 is 13.8. The van der Waals surface area contributed by atoms with Crippen LogP contribution in [0, 0.1) is 0 Å². The molecule has 1 unspecified atom stereocenters. The highest BCUT2D eigenvalue weighted by atomic mass is 35.5. The molecule has 2 heterocycles. The van der Waals surface area contributed by atoms with Gasteiger partial charge in [0.15, 0.2) is 0 Å². The molecule has 3 aromatic rings. The molecule has 4 rings (SSSR count). The van der Waals surface area contributed by atoms with Crippen molar-refractivity contribution in [1.82, 2.24) is 0 Å². The van der Waals surface area contributed by atoms with Gasteiger partial charge in [-0.25, -0.2) is 0 Å². The summed E-state index contributed by atoms with van der Waals surface area (Å²) in [5.74, 6) is -0.106. The van der Waals surface area contributed by atoms with Gasteiger partial charge in [-0.2, -0.15) is 0 Å². The molecule has 1 aliphatic rings. The molecule has 1 atom stereocenters. The first kappa shape index (κ1) is 17.2. The van der Waals surface area contributed by atoms with Crippen molar-refractivity contribution in [3.05, 3.63) is 92.7 Å². The second-order valence-corrected chi connectivity index (χ2v) is 7.68. The van der Waals surface area contributed by atoms with Gasteiger partial charge in [-0.15, -0.1) is 11.3 Å². The molecular weight excluding hydrogens is 387 g/mol. The van der Waals surface area contributed by atoms with Crippen LogP contribution in [0.15, 0.2) is 77.8 Å². The van der Waals surface area contributed by atoms with Gasteiger partial charge in [0.25, 0.3) is 5.91 Å². The molecule has 1 aromatic heterocycles. The average Bonchev–Trinajstić information content (AvgIpc) is 3.24. The Bertz CT molecular complexity index is 985. The lowest BCUT2D eigenvalue weighted by Crippen LogP contribution is -2.30. The van der Waals surface area contributed by atoms with Crippen LogP contribution in [0.3, 0.4) is 0 Å². The van der Waals surface area contributed by atoms with Gasteiger partial charge in [-0.3, -0.25) is 9.69 Å². The van der Waals surface area contributed by atoms with E-state index < -0.39 is 0 Å². The number of hydrogen-bond acceptors (Lipinski definition) is 3. The molecule has 0 fully saturated rings. The van der Waals surface area contributed by atoms with E-state index in [0.29, 0.717) is 15.7 Å². The fourth-order valence-electron chi connectivity index (χ4n) is 2.95. The molecular formula is C20H14Cl2N2OS. The maximum Gasteiger partial charge on any atom is 0.275 e. The smallest absolute Gasteiger partial charge is 0.275 e. The highest BCUT2D eigenvalue weighted by Crippen LogP contribution is 2.38. The Morgan fingerprint density at radius 1 is 0.962 bits per heavy atom. The Kier molecular flexibility index (Phi) is 4.72. The summed E-state index contributed by atoms with van der Waals surface area (Å²) in [5.41, 5.74) is 2.06. The SMILES string of the molecule is O=C1C(Nc2cccc(Cl)c2)=CC(c2cccs2)N1c1cccc(Cl)c1. The Labute approximate surface area is 165 Å². The molecule has 26 heavy (non-hydrogen) atoms. The summed E-state index contributed by atoms with van der Waals surface area (Å²) in [7, 11) is 0. The van der Waals surface area contributed by atoms with E-state index in [-0.39, 0.29) is 11.9 Å². The third-order valence-electron chi connectivity index (χ3n) is 4.08. The summed E-state index contributed by atoms with van der Waals surface area (Å²) in [6.45, 7) is 0. The zero-order valence-electron chi connectivity index (χ0n) is 13.5. The third kappa shape index (κ3) is 3.36. The predicted octanol–water partition coefficient (Wildman–Crippen LogP) is 6.14. The van der Waals surface area contributed by atoms with Crippen LogP contribution in [0.1, 0.15) is 10.9 Å². The monoisotopic (exact) mass is 400 g/mol. The number of hydrogen-bond donors (Lipinski definition) is 1. The predicted molar refractivity (Wildman–Crippen MR) is 109 cm³/mol. The lowest BCUT2D eigenvalue weighted by molar-refractivity contribution is -0.114. The Morgan fingerprint density at radius 2 is 1.73 bits per heavy atom. The first-order valence-corrected chi connectivity index (χ1v) is 9.62. The van der Waals surface area contributed by atoms with Crippen LogP contribution < -0.4 is 10.2 Å². The Morgan fingerprint density at radius 3 is 2.42 bits per heavy atom. The summed E-state index contributed by atoms with van der Waals surface area (Å²) in [4.78, 5) is 16.0. The minimum atomic E-state index is -0.178. The zero-order valence-corrected chi connectivity index (χ0v) is 15.9. The second kappa shape index (κ2) is 7.16. The second-order valence-electron chi connectivity index (χ2n) is 5.83. The number of nitrogens with one attached hydrogen (secondary N) is 1. The molecule has 0 radical (unpaired) electrons. The van der Waals surface area contributed by atoms with Crippen molar-refractivity contribution in [2.24, 2.45) is 0 Å². The lowest BCUT2D eigenvalue weighted by atomic mass is 10.2. The van der Waals surface area contributed by atoms with Crippen LogP contribution in [-0.4, -0.2) is 5.91 Å². The molecule has 3 nitrogen and oxygen atoms in total. The van der Waals surface area contributed by atoms with Crippen LogP contribution in [0.5, 0.6) is 0 Å². The molecule has 0 bridgehead atoms. The molecule has 0 saturated heterocycles. The van der Waals surface area contributed by atoms with Crippen LogP contribution in [-0.2, 0) is 4.79 Å². The summed E-state index contributed by atoms with van der Waals surface area (Å²) in [6, 6.07) is 18.5. The highest BCUT2D eigenvalue weighted by Gasteiger charge is 2.35. The number of carbonyl (C=O) groups excluding carboxylic acids is 1. The summed E-state index contributed by atoms with van der Waals surface area (Å²) in [6.07, 6.45) is 1.94. The van der Waals surface area contributed by atoms with E-state index in [0.717, 1.165) is 16.3 Å². The van der Waals surface area contributed by atoms with Crippen molar-refractivity contribution >= 4 is 51.8 Å². The van der Waals surface area contributed by atoms with Gasteiger partial charge in [0, 0.05) is 26.3 Å². The minimum absolute atomic E-state index is 0.106. The normalized spacial score (nSPS) is 16.7. The fourth-order valence-corrected chi connectivity index (χ4v) is 4.11. The first-order valence-electron chi connectivity index (χ1n) is 7.99. The maximum atomic E-state index is 13.1. The number of thiophene rings is 1. The molecule has 2 aromatic carbocycles. The standard InChI is InChI=1S/C20H14Cl2N2OS/c21-13-4-1-6-15(10-13)23-17-12-18(19-8-3-9-26-19)24(20(17)25)16-7-2-5-14(22)11-16/h1-12,18,23H. The Hall–Kier alpha value is -2.27. The van der Waals surface area contributed by atoms with Crippen LogP contribution in [0.25, 0.3) is 0 Å². The molecule has 6 heteroatoms. The van der Waals surface area contributed by atoms with Crippen LogP contribution >= 0.6 is 34.5 Å². The number of benzene rings is 2. The average molecular weight is 401 g/mol. The molecule has 130 valence electrons. The summed E-state index contributed by atoms with van der Waals surface area (Å²) < 4.78 is 0. The number of rotatable bonds is 4. The number of amides is 1. The van der Waals surface area contributed by atoms with Crippen molar-refractivity contribution in [2.45, 2.75) is 6.04 Å². The van der Waals surface area contributed by atoms with Crippen molar-refractivity contribution in [3.63, 3.8) is 0 Å². The van der Waals surface area contributed by atoms with Crippen molar-refractivity contribution in [3.8, 4) is 0 Å². The number of halogens is 2. The van der Waals surface area contributed by atoms with Crippen molar-refractivity contribution < 1.29 is 4.79 Å². The molecule has 0 aliphatic carbocycles. The van der Waals surface area contributed by atoms with E-state index in [1.165, 1.54) is 0 Å². The van der Waals surface area contributed by atoms with E-state index in [1.54, 1.807) is 40.5 Å². The maximum absolute atomic E-state index is 13.1. The zero-order chi connectivity index (χ0) is 18.1. The van der Waals surface area contributed by atoms with Crippen LogP contribution in [0.2, 0.25) is 10.0 Å². The number of nitrogens with zero attached hydrogens (tertiary/aromatic N) is 1. The van der Waals surface area contributed by atoms with Gasteiger partial charge in [0.05, 0.1) is 6.04 Å². The largest absolute Gasteiger partial charge is 0.351 e. The number of anilines is 2. The van der Waals surface area contributed by atoms with Gasteiger partial charge >= 0.3 is 0 Å². The van der Waals surface area contributed by atoms with E-state index in [2.05, 4.69) is 5.32 Å². The van der Waals surface area contributed by atoms with E-state index in [4.69, 9.17) is 23.2 Å². The molecule has 0 saturated carbocycles. The van der Waals surface area contributed by atoms with Gasteiger partial charge in [-0.1, -0.05) is 41.4 Å². The molecule has 1 amide bonds. The topological polar surface area (TPSA) is 32.3 Å². The Balaban J connectivity index is 1.72. The van der Waals surface area contributed by atoms with Gasteiger partial charge < -0.3 is 5.32 Å². The highest BCUT2D eigenvalue weighted by molar-refractivity contribution is 7.10. The van der Waals surface area contributed by atoms with Crippen molar-refractivity contribution in [1.29, 1.82) is 0 Å². The van der Waals surface area contributed by atoms with Gasteiger partial charge in [0.2, 0.25) is 0 Å². The molecule has 0 spiro atoms. The van der Waals surface area contributed by atoms with Crippen LogP contribution in [0.4, 0.5) is 11.4 Å². The quantitative estimate of drug-likeness (QED) is 0.570. The lowest BCUT2D eigenvalue weighted by Gasteiger charge is -2.24. The third-order valence-corrected chi connectivity index (χ3v) is 5.49. The fraction of sp³-hybridized carbons (Fsp3) is 0.0500. The summed E-state index contributed by atoms with van der Waals surface area (Å²) in [5, 5.41) is 6.41. The van der Waals surface area contributed by atoms with Gasteiger partial charge in [-0.05, 0) is 53.9 Å². The molecule has 1 aliphatic heterocycles. The number of carbonyl (C=O) groups is 1.